The zero-order valence-electron chi connectivity index (χ0n) is 15.1. The Morgan fingerprint density at radius 3 is 2.96 bits per heavy atom. The van der Waals surface area contributed by atoms with Crippen molar-refractivity contribution in [3.63, 3.8) is 0 Å². The molecule has 0 N–H and O–H groups in total. The van der Waals surface area contributed by atoms with Crippen molar-refractivity contribution < 1.29 is 9.53 Å². The van der Waals surface area contributed by atoms with Gasteiger partial charge in [-0.25, -0.2) is 0 Å². The van der Waals surface area contributed by atoms with Gasteiger partial charge in [-0.1, -0.05) is 12.1 Å². The van der Waals surface area contributed by atoms with E-state index in [0.29, 0.717) is 12.1 Å². The molecule has 0 aliphatic carbocycles. The van der Waals surface area contributed by atoms with Crippen LogP contribution in [0.3, 0.4) is 0 Å². The van der Waals surface area contributed by atoms with Crippen molar-refractivity contribution in [2.75, 3.05) is 20.2 Å². The van der Waals surface area contributed by atoms with Gasteiger partial charge in [-0.3, -0.25) is 9.20 Å². The summed E-state index contributed by atoms with van der Waals surface area (Å²) in [5, 5.41) is 8.63. The van der Waals surface area contributed by atoms with Crippen LogP contribution in [0, 0.1) is 6.92 Å². The monoisotopic (exact) mass is 350 g/mol. The molecule has 1 aliphatic heterocycles. The van der Waals surface area contributed by atoms with Crippen LogP contribution in [0.1, 0.15) is 40.5 Å². The van der Waals surface area contributed by atoms with Crippen LogP contribution in [0.15, 0.2) is 42.6 Å². The van der Waals surface area contributed by atoms with Gasteiger partial charge in [0, 0.05) is 30.8 Å². The maximum Gasteiger partial charge on any atom is 0.254 e. The molecule has 1 unspecified atom stereocenters. The molecule has 3 heterocycles. The van der Waals surface area contributed by atoms with Crippen LogP contribution in [0.5, 0.6) is 5.75 Å². The molecule has 6 nitrogen and oxygen atoms in total. The molecule has 1 fully saturated rings. The average Bonchev–Trinajstić information content (AvgIpc) is 3.12. The molecule has 1 saturated heterocycles. The zero-order valence-corrected chi connectivity index (χ0v) is 15.1. The molecule has 1 amide bonds. The predicted octanol–water partition coefficient (Wildman–Crippen LogP) is 3.07. The minimum absolute atomic E-state index is 0.0434. The first-order chi connectivity index (χ1) is 12.7. The van der Waals surface area contributed by atoms with Crippen LogP contribution in [-0.4, -0.2) is 45.6 Å². The number of pyridine rings is 1. The second-order valence-corrected chi connectivity index (χ2v) is 6.76. The van der Waals surface area contributed by atoms with Crippen molar-refractivity contribution >= 4 is 11.6 Å². The number of methoxy groups -OCH3 is 1. The van der Waals surface area contributed by atoms with Crippen LogP contribution in [0.2, 0.25) is 0 Å². The van der Waals surface area contributed by atoms with E-state index in [-0.39, 0.29) is 11.8 Å². The Hall–Kier alpha value is -2.89. The van der Waals surface area contributed by atoms with Crippen molar-refractivity contribution in [3.05, 3.63) is 59.5 Å². The second kappa shape index (κ2) is 6.78. The Morgan fingerprint density at radius 2 is 2.12 bits per heavy atom. The number of likely N-dealkylation sites (tertiary alicyclic amines) is 1. The number of fused-ring (bicyclic) bond motifs is 1. The van der Waals surface area contributed by atoms with E-state index in [2.05, 4.69) is 10.2 Å². The van der Waals surface area contributed by atoms with Crippen LogP contribution in [-0.2, 0) is 0 Å². The van der Waals surface area contributed by atoms with Crippen LogP contribution in [0.4, 0.5) is 0 Å². The average molecular weight is 350 g/mol. The lowest BCUT2D eigenvalue weighted by atomic mass is 9.96. The lowest BCUT2D eigenvalue weighted by Gasteiger charge is -2.32. The van der Waals surface area contributed by atoms with Gasteiger partial charge in [-0.2, -0.15) is 0 Å². The number of rotatable bonds is 3. The lowest BCUT2D eigenvalue weighted by molar-refractivity contribution is 0.0704. The number of piperidine rings is 1. The molecular formula is C20H22N4O2. The lowest BCUT2D eigenvalue weighted by Crippen LogP contribution is -2.39. The summed E-state index contributed by atoms with van der Waals surface area (Å²) in [4.78, 5) is 14.9. The fourth-order valence-electron chi connectivity index (χ4n) is 3.65. The smallest absolute Gasteiger partial charge is 0.254 e. The van der Waals surface area contributed by atoms with Crippen molar-refractivity contribution in [2.45, 2.75) is 25.7 Å². The molecule has 0 radical (unpaired) electrons. The molecule has 1 atom stereocenters. The largest absolute Gasteiger partial charge is 0.496 e. The van der Waals surface area contributed by atoms with E-state index >= 15 is 0 Å². The van der Waals surface area contributed by atoms with Gasteiger partial charge < -0.3 is 9.64 Å². The molecular weight excluding hydrogens is 328 g/mol. The molecule has 4 rings (SSSR count). The molecule has 1 aliphatic rings. The number of nitrogens with zero attached hydrogens (tertiary/aromatic N) is 4. The molecule has 1 aromatic carbocycles. The minimum atomic E-state index is 0.0434. The van der Waals surface area contributed by atoms with Gasteiger partial charge in [0.2, 0.25) is 0 Å². The number of ether oxygens (including phenoxy) is 1. The summed E-state index contributed by atoms with van der Waals surface area (Å²) in [6.45, 7) is 3.40. The van der Waals surface area contributed by atoms with E-state index in [1.807, 2.05) is 58.8 Å². The van der Waals surface area contributed by atoms with Crippen molar-refractivity contribution in [1.82, 2.24) is 19.5 Å². The van der Waals surface area contributed by atoms with Gasteiger partial charge in [-0.15, -0.1) is 10.2 Å². The summed E-state index contributed by atoms with van der Waals surface area (Å²) in [6, 6.07) is 11.5. The Labute approximate surface area is 152 Å². The number of aromatic nitrogens is 3. The van der Waals surface area contributed by atoms with Gasteiger partial charge in [0.15, 0.2) is 5.65 Å². The number of hydrogen-bond acceptors (Lipinski definition) is 4. The zero-order chi connectivity index (χ0) is 18.1. The number of carbonyl (C=O) groups excluding carboxylic acids is 1. The summed E-state index contributed by atoms with van der Waals surface area (Å²) in [6.07, 6.45) is 3.95. The van der Waals surface area contributed by atoms with Gasteiger partial charge >= 0.3 is 0 Å². The Bertz CT molecular complexity index is 950. The van der Waals surface area contributed by atoms with E-state index in [4.69, 9.17) is 4.74 Å². The SMILES string of the molecule is COc1cc(C(=O)N2CCCC(c3nnc4ccccn34)C2)ccc1C. The molecule has 134 valence electrons. The van der Waals surface area contributed by atoms with Crippen LogP contribution < -0.4 is 4.74 Å². The van der Waals surface area contributed by atoms with E-state index in [1.165, 1.54) is 0 Å². The normalized spacial score (nSPS) is 17.5. The summed E-state index contributed by atoms with van der Waals surface area (Å²) in [5.41, 5.74) is 2.53. The topological polar surface area (TPSA) is 59.7 Å². The molecule has 3 aromatic rings. The third-order valence-electron chi connectivity index (χ3n) is 5.07. The summed E-state index contributed by atoms with van der Waals surface area (Å²) in [5.74, 6) is 1.91. The summed E-state index contributed by atoms with van der Waals surface area (Å²) < 4.78 is 7.38. The van der Waals surface area contributed by atoms with E-state index in [1.54, 1.807) is 7.11 Å². The molecule has 0 spiro atoms. The summed E-state index contributed by atoms with van der Waals surface area (Å²) in [7, 11) is 1.63. The number of hydrogen-bond donors (Lipinski definition) is 0. The molecule has 6 heteroatoms. The highest BCUT2D eigenvalue weighted by Gasteiger charge is 2.28. The Balaban J connectivity index is 1.57. The second-order valence-electron chi connectivity index (χ2n) is 6.76. The van der Waals surface area contributed by atoms with Gasteiger partial charge in [0.1, 0.15) is 11.6 Å². The molecule has 2 aromatic heterocycles. The third kappa shape index (κ3) is 2.92. The Morgan fingerprint density at radius 1 is 1.23 bits per heavy atom. The van der Waals surface area contributed by atoms with Crippen LogP contribution in [0.25, 0.3) is 5.65 Å². The number of amides is 1. The Kier molecular flexibility index (Phi) is 4.32. The van der Waals surface area contributed by atoms with E-state index in [9.17, 15) is 4.79 Å². The quantitative estimate of drug-likeness (QED) is 0.728. The van der Waals surface area contributed by atoms with Gasteiger partial charge in [-0.05, 0) is 49.6 Å². The number of aryl methyl sites for hydroxylation is 1. The molecule has 26 heavy (non-hydrogen) atoms. The highest BCUT2D eigenvalue weighted by Crippen LogP contribution is 2.28. The highest BCUT2D eigenvalue weighted by molar-refractivity contribution is 5.94. The fourth-order valence-corrected chi connectivity index (χ4v) is 3.65. The first kappa shape index (κ1) is 16.6. The predicted molar refractivity (Wildman–Crippen MR) is 98.6 cm³/mol. The van der Waals surface area contributed by atoms with Crippen molar-refractivity contribution in [2.24, 2.45) is 0 Å². The third-order valence-corrected chi connectivity index (χ3v) is 5.07. The van der Waals surface area contributed by atoms with Crippen molar-refractivity contribution in [3.8, 4) is 5.75 Å². The molecule has 0 bridgehead atoms. The van der Waals surface area contributed by atoms with Crippen LogP contribution >= 0.6 is 0 Å². The first-order valence-corrected chi connectivity index (χ1v) is 8.91. The molecule has 0 saturated carbocycles. The van der Waals surface area contributed by atoms with Gasteiger partial charge in [0.05, 0.1) is 7.11 Å². The highest BCUT2D eigenvalue weighted by atomic mass is 16.5. The van der Waals surface area contributed by atoms with E-state index in [0.717, 1.165) is 42.2 Å². The van der Waals surface area contributed by atoms with E-state index < -0.39 is 0 Å². The maximum atomic E-state index is 13.0. The standard InChI is InChI=1S/C20H22N4O2/c1-14-8-9-15(12-17(14)26-2)20(25)23-10-5-6-16(13-23)19-22-21-18-7-3-4-11-24(18)19/h3-4,7-9,11-12,16H,5-6,10,13H2,1-2H3. The van der Waals surface area contributed by atoms with Crippen molar-refractivity contribution in [1.29, 1.82) is 0 Å². The van der Waals surface area contributed by atoms with Gasteiger partial charge in [0.25, 0.3) is 5.91 Å². The maximum absolute atomic E-state index is 13.0. The summed E-state index contributed by atoms with van der Waals surface area (Å²) >= 11 is 0. The minimum Gasteiger partial charge on any atom is -0.496 e. The number of carbonyl (C=O) groups is 1. The first-order valence-electron chi connectivity index (χ1n) is 8.91. The number of benzene rings is 1. The fraction of sp³-hybridized carbons (Fsp3) is 0.350.